The quantitative estimate of drug-likeness (QED) is 0.565. The summed E-state index contributed by atoms with van der Waals surface area (Å²) in [5.74, 6) is 1.48. The maximum absolute atomic E-state index is 12.6. The monoisotopic (exact) mass is 327 g/mol. The molecule has 0 fully saturated rings. The van der Waals surface area contributed by atoms with Crippen LogP contribution in [-0.4, -0.2) is 7.28 Å². The maximum Gasteiger partial charge on any atom is 0.416 e. The van der Waals surface area contributed by atoms with Gasteiger partial charge < -0.3 is 0 Å². The number of rotatable bonds is 3. The average molecular weight is 327 g/mol. The first-order chi connectivity index (χ1) is 10.7. The molecule has 119 valence electrons. The molecule has 2 rings (SSSR count). The minimum atomic E-state index is -4.42. The highest BCUT2D eigenvalue weighted by Gasteiger charge is 2.30. The van der Waals surface area contributed by atoms with Crippen molar-refractivity contribution in [2.75, 3.05) is 0 Å². The normalized spacial score (nSPS) is 12.6. The summed E-state index contributed by atoms with van der Waals surface area (Å²) in [5.41, 5.74) is -0.644. The lowest BCUT2D eigenvalue weighted by molar-refractivity contribution is -0.138. The van der Waals surface area contributed by atoms with Crippen molar-refractivity contribution in [1.82, 2.24) is 0 Å². The molecule has 0 aliphatic rings. The molecule has 23 heavy (non-hydrogen) atoms. The van der Waals surface area contributed by atoms with Crippen LogP contribution < -0.4 is 5.46 Å². The van der Waals surface area contributed by atoms with E-state index in [0.717, 1.165) is 24.3 Å². The Balaban J connectivity index is 2.05. The number of alkyl halides is 6. The predicted molar refractivity (Wildman–Crippen MR) is 77.3 cm³/mol. The van der Waals surface area contributed by atoms with Crippen LogP contribution in [0.4, 0.5) is 26.3 Å². The summed E-state index contributed by atoms with van der Waals surface area (Å²) in [6.45, 7) is 0. The van der Waals surface area contributed by atoms with Crippen molar-refractivity contribution < 1.29 is 26.3 Å². The Labute approximate surface area is 129 Å². The van der Waals surface area contributed by atoms with Gasteiger partial charge in [0.05, 0.1) is 11.1 Å². The van der Waals surface area contributed by atoms with Gasteiger partial charge in [0, 0.05) is 0 Å². The van der Waals surface area contributed by atoms with Crippen molar-refractivity contribution in [2.45, 2.75) is 12.4 Å². The summed E-state index contributed by atoms with van der Waals surface area (Å²) >= 11 is 0. The number of hydrogen-bond acceptors (Lipinski definition) is 0. The topological polar surface area (TPSA) is 0 Å². The average Bonchev–Trinajstić information content (AvgIpc) is 2.46. The van der Waals surface area contributed by atoms with Gasteiger partial charge in [-0.1, -0.05) is 47.9 Å². The molecule has 0 amide bonds. The van der Waals surface area contributed by atoms with E-state index in [4.69, 9.17) is 0 Å². The molecule has 0 N–H and O–H groups in total. The fourth-order valence-electron chi connectivity index (χ4n) is 1.87. The lowest BCUT2D eigenvalue weighted by Gasteiger charge is -2.07. The van der Waals surface area contributed by atoms with Crippen LogP contribution in [0.1, 0.15) is 16.7 Å². The zero-order valence-electron chi connectivity index (χ0n) is 11.6. The SMILES string of the molecule is FC(F)(F)c1ccc(C=C[B]c2cccc(C(F)(F)F)c2)cc1. The molecule has 2 aromatic rings. The fourth-order valence-corrected chi connectivity index (χ4v) is 1.87. The van der Waals surface area contributed by atoms with Gasteiger partial charge in [-0.2, -0.15) is 26.3 Å². The van der Waals surface area contributed by atoms with Crippen molar-refractivity contribution in [3.8, 4) is 0 Å². The minimum Gasteiger partial charge on any atom is -0.166 e. The molecule has 1 radical (unpaired) electrons. The van der Waals surface area contributed by atoms with E-state index in [2.05, 4.69) is 0 Å². The summed E-state index contributed by atoms with van der Waals surface area (Å²) in [6.07, 6.45) is -7.30. The van der Waals surface area contributed by atoms with Gasteiger partial charge in [-0.3, -0.25) is 0 Å². The van der Waals surface area contributed by atoms with Crippen LogP contribution in [-0.2, 0) is 12.4 Å². The highest BCUT2D eigenvalue weighted by molar-refractivity contribution is 6.59. The Hall–Kier alpha value is -2.18. The third-order valence-electron chi connectivity index (χ3n) is 3.03. The second-order valence-electron chi connectivity index (χ2n) is 4.77. The van der Waals surface area contributed by atoms with E-state index in [1.54, 1.807) is 0 Å². The minimum absolute atomic E-state index is 0.350. The molecule has 0 spiro atoms. The van der Waals surface area contributed by atoms with Gasteiger partial charge in [-0.15, -0.1) is 5.98 Å². The zero-order valence-corrected chi connectivity index (χ0v) is 11.6. The molecule has 7 heteroatoms. The molecule has 0 saturated carbocycles. The third-order valence-corrected chi connectivity index (χ3v) is 3.03. The zero-order chi connectivity index (χ0) is 17.1. The lowest BCUT2D eigenvalue weighted by Crippen LogP contribution is -2.15. The molecule has 0 unspecified atom stereocenters. The third kappa shape index (κ3) is 4.91. The first-order valence-corrected chi connectivity index (χ1v) is 6.52. The summed E-state index contributed by atoms with van der Waals surface area (Å²) in [5, 5.41) is 0. The lowest BCUT2D eigenvalue weighted by atomic mass is 9.69. The van der Waals surface area contributed by atoms with Crippen LogP contribution in [0.3, 0.4) is 0 Å². The highest BCUT2D eigenvalue weighted by Crippen LogP contribution is 2.29. The fraction of sp³-hybridized carbons (Fsp3) is 0.125. The van der Waals surface area contributed by atoms with Gasteiger partial charge >= 0.3 is 12.4 Å². The van der Waals surface area contributed by atoms with Crippen LogP contribution in [0.25, 0.3) is 6.08 Å². The Morgan fingerprint density at radius 1 is 0.739 bits per heavy atom. The van der Waals surface area contributed by atoms with E-state index in [0.29, 0.717) is 11.0 Å². The van der Waals surface area contributed by atoms with Crippen LogP contribution in [0.2, 0.25) is 0 Å². The van der Waals surface area contributed by atoms with E-state index in [1.807, 2.05) is 0 Å². The van der Waals surface area contributed by atoms with Crippen molar-refractivity contribution in [2.24, 2.45) is 0 Å². The van der Waals surface area contributed by atoms with Gasteiger partial charge in [0.2, 0.25) is 0 Å². The highest BCUT2D eigenvalue weighted by atomic mass is 19.4. The van der Waals surface area contributed by atoms with Gasteiger partial charge in [0.1, 0.15) is 0 Å². The van der Waals surface area contributed by atoms with Crippen LogP contribution in [0.5, 0.6) is 0 Å². The van der Waals surface area contributed by atoms with Gasteiger partial charge in [0.15, 0.2) is 7.28 Å². The molecule has 0 nitrogen and oxygen atoms in total. The molecule has 0 saturated heterocycles. The smallest absolute Gasteiger partial charge is 0.166 e. The molecule has 0 aromatic heterocycles. The van der Waals surface area contributed by atoms with E-state index >= 15 is 0 Å². The summed E-state index contributed by atoms with van der Waals surface area (Å²) in [7, 11) is 1.45. The Bertz CT molecular complexity index is 683. The molecular formula is C16H10BF6. The number of benzene rings is 2. The van der Waals surface area contributed by atoms with Crippen molar-refractivity contribution in [1.29, 1.82) is 0 Å². The van der Waals surface area contributed by atoms with Crippen LogP contribution in [0.15, 0.2) is 54.5 Å². The van der Waals surface area contributed by atoms with E-state index in [-0.39, 0.29) is 0 Å². The Morgan fingerprint density at radius 3 is 1.91 bits per heavy atom. The molecule has 0 atom stereocenters. The number of halogens is 6. The second-order valence-corrected chi connectivity index (χ2v) is 4.77. The van der Waals surface area contributed by atoms with Crippen molar-refractivity contribution >= 4 is 18.8 Å². The van der Waals surface area contributed by atoms with Crippen LogP contribution >= 0.6 is 0 Å². The summed E-state index contributed by atoms with van der Waals surface area (Å²) in [4.78, 5) is 0. The molecule has 2 aromatic carbocycles. The molecule has 0 bridgehead atoms. The summed E-state index contributed by atoms with van der Waals surface area (Å²) in [6, 6.07) is 9.24. The van der Waals surface area contributed by atoms with Gasteiger partial charge in [-0.05, 0) is 17.7 Å². The maximum atomic E-state index is 12.6. The van der Waals surface area contributed by atoms with Gasteiger partial charge in [-0.25, -0.2) is 0 Å². The van der Waals surface area contributed by atoms with E-state index < -0.39 is 23.5 Å². The summed E-state index contributed by atoms with van der Waals surface area (Å²) < 4.78 is 74.9. The first-order valence-electron chi connectivity index (χ1n) is 6.52. The standard InChI is InChI=1S/C16H10BF6/c18-15(19,20)12-6-4-11(5-7-12)8-9-17-14-3-1-2-13(10-14)16(21,22)23/h1-10H. The van der Waals surface area contributed by atoms with Gasteiger partial charge in [0.25, 0.3) is 0 Å². The predicted octanol–water partition coefficient (Wildman–Crippen LogP) is 4.72. The van der Waals surface area contributed by atoms with Crippen molar-refractivity contribution in [3.05, 3.63) is 71.2 Å². The Morgan fingerprint density at radius 2 is 1.35 bits per heavy atom. The molecule has 0 aliphatic heterocycles. The Kier molecular flexibility index (Phi) is 4.87. The van der Waals surface area contributed by atoms with Crippen LogP contribution in [0, 0.1) is 0 Å². The second kappa shape index (κ2) is 6.52. The molecule has 0 heterocycles. The van der Waals surface area contributed by atoms with E-state index in [1.165, 1.54) is 43.6 Å². The number of hydrogen-bond donors (Lipinski definition) is 0. The van der Waals surface area contributed by atoms with E-state index in [9.17, 15) is 26.3 Å². The molecule has 0 aliphatic carbocycles. The molecular weight excluding hydrogens is 317 g/mol. The largest absolute Gasteiger partial charge is 0.416 e. The van der Waals surface area contributed by atoms with Crippen molar-refractivity contribution in [3.63, 3.8) is 0 Å². The first kappa shape index (κ1) is 17.2.